The van der Waals surface area contributed by atoms with E-state index in [1.165, 1.54) is 0 Å². The summed E-state index contributed by atoms with van der Waals surface area (Å²) >= 11 is 0. The number of carbonyl (C=O) groups excluding carboxylic acids is 1. The third kappa shape index (κ3) is 5.93. The Morgan fingerprint density at radius 2 is 1.40 bits per heavy atom. The molecule has 0 unspecified atom stereocenters. The standard InChI is InChI=1S/C24H24N2O4/c25-21(24(28)29)16-26-22(27)15-17-11-13-20(14-12-17)30-23(18-7-3-1-4-8-18)19-9-5-2-6-10-19/h1-14,21,23H,15-16,25H2,(H,26,27)(H,28,29)/t21-/m0/s1. The van der Waals surface area contributed by atoms with Crippen LogP contribution in [0, 0.1) is 0 Å². The van der Waals surface area contributed by atoms with Crippen molar-refractivity contribution in [3.8, 4) is 5.75 Å². The Morgan fingerprint density at radius 1 is 0.867 bits per heavy atom. The molecule has 1 amide bonds. The molecule has 0 saturated heterocycles. The van der Waals surface area contributed by atoms with E-state index in [-0.39, 0.29) is 25.0 Å². The monoisotopic (exact) mass is 404 g/mol. The fraction of sp³-hybridized carbons (Fsp3) is 0.167. The molecule has 6 heteroatoms. The Hall–Kier alpha value is -3.64. The predicted molar refractivity (Wildman–Crippen MR) is 114 cm³/mol. The first-order chi connectivity index (χ1) is 14.5. The van der Waals surface area contributed by atoms with E-state index >= 15 is 0 Å². The van der Waals surface area contributed by atoms with Crippen molar-refractivity contribution in [1.82, 2.24) is 5.32 Å². The number of hydrogen-bond acceptors (Lipinski definition) is 4. The molecule has 0 saturated carbocycles. The van der Waals surface area contributed by atoms with Crippen molar-refractivity contribution in [2.45, 2.75) is 18.6 Å². The number of rotatable bonds is 9. The minimum atomic E-state index is -1.15. The lowest BCUT2D eigenvalue weighted by Crippen LogP contribution is -2.42. The van der Waals surface area contributed by atoms with Crippen molar-refractivity contribution >= 4 is 11.9 Å². The van der Waals surface area contributed by atoms with Gasteiger partial charge >= 0.3 is 5.97 Å². The third-order valence-corrected chi connectivity index (χ3v) is 4.58. The molecule has 0 radical (unpaired) electrons. The molecule has 3 rings (SSSR count). The minimum Gasteiger partial charge on any atom is -0.481 e. The normalized spacial score (nSPS) is 11.7. The van der Waals surface area contributed by atoms with Gasteiger partial charge in [0.2, 0.25) is 5.91 Å². The largest absolute Gasteiger partial charge is 0.481 e. The smallest absolute Gasteiger partial charge is 0.322 e. The molecule has 6 nitrogen and oxygen atoms in total. The maximum absolute atomic E-state index is 12.0. The number of aliphatic carboxylic acids is 1. The first-order valence-electron chi connectivity index (χ1n) is 9.63. The number of hydrogen-bond donors (Lipinski definition) is 3. The maximum Gasteiger partial charge on any atom is 0.322 e. The quantitative estimate of drug-likeness (QED) is 0.509. The van der Waals surface area contributed by atoms with Gasteiger partial charge in [0, 0.05) is 6.54 Å². The van der Waals surface area contributed by atoms with Crippen LogP contribution < -0.4 is 15.8 Å². The number of carboxylic acids is 1. The molecule has 4 N–H and O–H groups in total. The van der Waals surface area contributed by atoms with Gasteiger partial charge in [-0.05, 0) is 28.8 Å². The number of ether oxygens (including phenoxy) is 1. The van der Waals surface area contributed by atoms with Gasteiger partial charge in [-0.3, -0.25) is 9.59 Å². The zero-order chi connectivity index (χ0) is 21.3. The molecule has 3 aromatic carbocycles. The Labute approximate surface area is 175 Å². The van der Waals surface area contributed by atoms with Crippen molar-refractivity contribution in [1.29, 1.82) is 0 Å². The van der Waals surface area contributed by atoms with Crippen LogP contribution in [-0.4, -0.2) is 29.6 Å². The molecule has 0 aromatic heterocycles. The average molecular weight is 404 g/mol. The van der Waals surface area contributed by atoms with Gasteiger partial charge in [-0.2, -0.15) is 0 Å². The highest BCUT2D eigenvalue weighted by Crippen LogP contribution is 2.28. The van der Waals surface area contributed by atoms with Crippen LogP contribution in [0.15, 0.2) is 84.9 Å². The van der Waals surface area contributed by atoms with E-state index < -0.39 is 12.0 Å². The lowest BCUT2D eigenvalue weighted by Gasteiger charge is -2.20. The molecular weight excluding hydrogens is 380 g/mol. The fourth-order valence-corrected chi connectivity index (χ4v) is 2.97. The van der Waals surface area contributed by atoms with Crippen LogP contribution in [-0.2, 0) is 16.0 Å². The number of nitrogens with two attached hydrogens (primary N) is 1. The maximum atomic E-state index is 12.0. The first kappa shape index (κ1) is 21.1. The Kier molecular flexibility index (Phi) is 7.19. The average Bonchev–Trinajstić information content (AvgIpc) is 2.78. The molecule has 0 bridgehead atoms. The van der Waals surface area contributed by atoms with Gasteiger partial charge in [0.1, 0.15) is 17.9 Å². The molecule has 0 aliphatic carbocycles. The van der Waals surface area contributed by atoms with Crippen LogP contribution in [0.25, 0.3) is 0 Å². The van der Waals surface area contributed by atoms with Gasteiger partial charge in [0.05, 0.1) is 6.42 Å². The first-order valence-corrected chi connectivity index (χ1v) is 9.63. The molecule has 30 heavy (non-hydrogen) atoms. The number of carboxylic acid groups (broad SMARTS) is 1. The molecule has 0 aliphatic heterocycles. The van der Waals surface area contributed by atoms with Gasteiger partial charge in [-0.25, -0.2) is 0 Å². The van der Waals surface area contributed by atoms with Crippen molar-refractivity contribution in [3.63, 3.8) is 0 Å². The predicted octanol–water partition coefficient (Wildman–Crippen LogP) is 2.93. The second-order valence-corrected chi connectivity index (χ2v) is 6.89. The van der Waals surface area contributed by atoms with E-state index in [0.29, 0.717) is 5.75 Å². The minimum absolute atomic E-state index is 0.106. The zero-order valence-corrected chi connectivity index (χ0v) is 16.4. The summed E-state index contributed by atoms with van der Waals surface area (Å²) in [7, 11) is 0. The number of benzene rings is 3. The summed E-state index contributed by atoms with van der Waals surface area (Å²) < 4.78 is 6.27. The summed E-state index contributed by atoms with van der Waals surface area (Å²) in [6, 6.07) is 26.1. The summed E-state index contributed by atoms with van der Waals surface area (Å²) in [5.41, 5.74) is 8.27. The molecule has 0 heterocycles. The third-order valence-electron chi connectivity index (χ3n) is 4.58. The summed E-state index contributed by atoms with van der Waals surface area (Å²) in [5, 5.41) is 11.3. The Balaban J connectivity index is 1.66. The van der Waals surface area contributed by atoms with Crippen LogP contribution in [0.4, 0.5) is 0 Å². The molecule has 0 spiro atoms. The van der Waals surface area contributed by atoms with E-state index in [2.05, 4.69) is 5.32 Å². The Bertz CT molecular complexity index is 920. The van der Waals surface area contributed by atoms with Crippen molar-refractivity contribution in [2.75, 3.05) is 6.54 Å². The molecule has 0 aliphatic rings. The topological polar surface area (TPSA) is 102 Å². The van der Waals surface area contributed by atoms with Gasteiger partial charge in [0.25, 0.3) is 0 Å². The van der Waals surface area contributed by atoms with Crippen LogP contribution in [0.2, 0.25) is 0 Å². The van der Waals surface area contributed by atoms with E-state index in [4.69, 9.17) is 15.6 Å². The van der Waals surface area contributed by atoms with Gasteiger partial charge in [-0.1, -0.05) is 72.8 Å². The van der Waals surface area contributed by atoms with Crippen LogP contribution >= 0.6 is 0 Å². The SMILES string of the molecule is N[C@@H](CNC(=O)Cc1ccc(OC(c2ccccc2)c2ccccc2)cc1)C(=O)O. The lowest BCUT2D eigenvalue weighted by molar-refractivity contribution is -0.138. The van der Waals surface area contributed by atoms with E-state index in [0.717, 1.165) is 16.7 Å². The van der Waals surface area contributed by atoms with Gasteiger partial charge in [0.15, 0.2) is 0 Å². The van der Waals surface area contributed by atoms with E-state index in [1.807, 2.05) is 84.9 Å². The molecular formula is C24H24N2O4. The van der Waals surface area contributed by atoms with E-state index in [1.54, 1.807) is 0 Å². The second kappa shape index (κ2) is 10.2. The van der Waals surface area contributed by atoms with Crippen molar-refractivity contribution in [3.05, 3.63) is 102 Å². The van der Waals surface area contributed by atoms with Gasteiger partial charge in [-0.15, -0.1) is 0 Å². The highest BCUT2D eigenvalue weighted by atomic mass is 16.5. The second-order valence-electron chi connectivity index (χ2n) is 6.89. The van der Waals surface area contributed by atoms with Crippen LogP contribution in [0.1, 0.15) is 22.8 Å². The van der Waals surface area contributed by atoms with Crippen molar-refractivity contribution < 1.29 is 19.4 Å². The lowest BCUT2D eigenvalue weighted by atomic mass is 10.0. The van der Waals surface area contributed by atoms with Crippen LogP contribution in [0.5, 0.6) is 5.75 Å². The number of amides is 1. The number of carbonyl (C=O) groups is 2. The Morgan fingerprint density at radius 3 is 1.90 bits per heavy atom. The zero-order valence-electron chi connectivity index (χ0n) is 16.4. The van der Waals surface area contributed by atoms with Crippen LogP contribution in [0.3, 0.4) is 0 Å². The number of nitrogens with one attached hydrogen (secondary N) is 1. The molecule has 1 atom stereocenters. The van der Waals surface area contributed by atoms with E-state index in [9.17, 15) is 9.59 Å². The highest BCUT2D eigenvalue weighted by Gasteiger charge is 2.16. The summed E-state index contributed by atoms with van der Waals surface area (Å²) in [4.78, 5) is 22.7. The molecule has 154 valence electrons. The summed E-state index contributed by atoms with van der Waals surface area (Å²) in [6.07, 6.45) is -0.119. The van der Waals surface area contributed by atoms with Gasteiger partial charge < -0.3 is 20.9 Å². The molecule has 0 fully saturated rings. The summed E-state index contributed by atoms with van der Waals surface area (Å²) in [5.74, 6) is -0.750. The highest BCUT2D eigenvalue weighted by molar-refractivity contribution is 5.80. The summed E-state index contributed by atoms with van der Waals surface area (Å²) in [6.45, 7) is -0.106. The fourth-order valence-electron chi connectivity index (χ4n) is 2.97. The van der Waals surface area contributed by atoms with Crippen molar-refractivity contribution in [2.24, 2.45) is 5.73 Å². The molecule has 3 aromatic rings.